The van der Waals surface area contributed by atoms with Crippen molar-refractivity contribution in [3.8, 4) is 5.75 Å². The van der Waals surface area contributed by atoms with Crippen LogP contribution >= 0.6 is 0 Å². The van der Waals surface area contributed by atoms with Gasteiger partial charge in [-0.15, -0.1) is 0 Å². The summed E-state index contributed by atoms with van der Waals surface area (Å²) in [4.78, 5) is 14.5. The summed E-state index contributed by atoms with van der Waals surface area (Å²) in [6.07, 6.45) is 3.16. The fraction of sp³-hybridized carbons (Fsp3) is 0.158. The Morgan fingerprint density at radius 2 is 1.92 bits per heavy atom. The Kier molecular flexibility index (Phi) is 4.99. The summed E-state index contributed by atoms with van der Waals surface area (Å²) in [5, 5.41) is 19.4. The van der Waals surface area contributed by atoms with E-state index in [4.69, 9.17) is 0 Å². The van der Waals surface area contributed by atoms with Crippen LogP contribution in [0.3, 0.4) is 0 Å². The van der Waals surface area contributed by atoms with Gasteiger partial charge in [0.25, 0.3) is 0 Å². The van der Waals surface area contributed by atoms with Crippen molar-refractivity contribution >= 4 is 11.7 Å². The molecule has 1 atom stereocenters. The predicted molar refractivity (Wildman–Crippen MR) is 96.1 cm³/mol. The lowest BCUT2D eigenvalue weighted by Gasteiger charge is -2.30. The van der Waals surface area contributed by atoms with Gasteiger partial charge in [0.2, 0.25) is 0 Å². The topological polar surface area (TPSA) is 81.2 Å². The number of para-hydroxylation sites is 1. The molecular formula is C19H20N4O2. The summed E-state index contributed by atoms with van der Waals surface area (Å²) in [6, 6.07) is 16.4. The highest BCUT2D eigenvalue weighted by Gasteiger charge is 2.23. The molecule has 3 N–H and O–H groups in total. The van der Waals surface area contributed by atoms with Gasteiger partial charge in [0.15, 0.2) is 0 Å². The summed E-state index contributed by atoms with van der Waals surface area (Å²) in [5.41, 5.74) is 2.29. The average molecular weight is 336 g/mol. The quantitative estimate of drug-likeness (QED) is 0.661. The number of benzene rings is 2. The monoisotopic (exact) mass is 336 g/mol. The lowest BCUT2D eigenvalue weighted by Crippen LogP contribution is -2.36. The molecule has 0 aliphatic carbocycles. The third kappa shape index (κ3) is 3.98. The minimum atomic E-state index is -0.263. The second kappa shape index (κ2) is 7.53. The molecule has 3 rings (SSSR count). The number of hydrogen-bond donors (Lipinski definition) is 3. The molecule has 25 heavy (non-hydrogen) atoms. The van der Waals surface area contributed by atoms with Crippen LogP contribution in [0.4, 0.5) is 10.5 Å². The van der Waals surface area contributed by atoms with Gasteiger partial charge in [0.05, 0.1) is 24.5 Å². The molecule has 128 valence electrons. The van der Waals surface area contributed by atoms with Gasteiger partial charge >= 0.3 is 6.03 Å². The highest BCUT2D eigenvalue weighted by molar-refractivity contribution is 5.89. The van der Waals surface area contributed by atoms with E-state index in [1.54, 1.807) is 29.4 Å². The maximum Gasteiger partial charge on any atom is 0.322 e. The third-order valence-electron chi connectivity index (χ3n) is 4.09. The highest BCUT2D eigenvalue weighted by atomic mass is 16.3. The van der Waals surface area contributed by atoms with Gasteiger partial charge < -0.3 is 15.3 Å². The third-order valence-corrected chi connectivity index (χ3v) is 4.09. The Bertz CT molecular complexity index is 818. The number of phenols is 1. The number of carbonyl (C=O) groups excluding carboxylic acids is 1. The molecule has 6 nitrogen and oxygen atoms in total. The van der Waals surface area contributed by atoms with Crippen molar-refractivity contribution in [1.29, 1.82) is 0 Å². The van der Waals surface area contributed by atoms with Crippen molar-refractivity contribution < 1.29 is 9.90 Å². The Morgan fingerprint density at radius 1 is 1.20 bits per heavy atom. The predicted octanol–water partition coefficient (Wildman–Crippen LogP) is 3.91. The molecule has 0 unspecified atom stereocenters. The molecule has 1 heterocycles. The molecule has 0 saturated heterocycles. The van der Waals surface area contributed by atoms with E-state index in [2.05, 4.69) is 15.5 Å². The minimum Gasteiger partial charge on any atom is -0.508 e. The second-order valence-corrected chi connectivity index (χ2v) is 5.76. The van der Waals surface area contributed by atoms with Crippen LogP contribution in [0.1, 0.15) is 24.1 Å². The van der Waals surface area contributed by atoms with Crippen molar-refractivity contribution in [1.82, 2.24) is 15.1 Å². The number of amides is 2. The molecule has 0 radical (unpaired) electrons. The molecule has 1 aromatic heterocycles. The average Bonchev–Trinajstić information content (AvgIpc) is 3.14. The maximum absolute atomic E-state index is 12.8. The zero-order valence-corrected chi connectivity index (χ0v) is 13.9. The SMILES string of the molecule is C[C@@H](c1ccccc1)N(Cc1ccccc1O)C(=O)Nc1cn[nH]c1. The van der Waals surface area contributed by atoms with Crippen molar-refractivity contribution in [2.24, 2.45) is 0 Å². The highest BCUT2D eigenvalue weighted by Crippen LogP contribution is 2.26. The number of nitrogens with one attached hydrogen (secondary N) is 2. The zero-order chi connectivity index (χ0) is 17.6. The van der Waals surface area contributed by atoms with Gasteiger partial charge in [-0.1, -0.05) is 48.5 Å². The van der Waals surface area contributed by atoms with Gasteiger partial charge in [-0.25, -0.2) is 4.79 Å². The number of anilines is 1. The lowest BCUT2D eigenvalue weighted by atomic mass is 10.1. The Balaban J connectivity index is 1.87. The summed E-state index contributed by atoms with van der Waals surface area (Å²) in [6.45, 7) is 2.25. The summed E-state index contributed by atoms with van der Waals surface area (Å²) in [7, 11) is 0. The van der Waals surface area contributed by atoms with Crippen molar-refractivity contribution in [2.45, 2.75) is 19.5 Å². The Hall–Kier alpha value is -3.28. The molecule has 3 aromatic rings. The van der Waals surface area contributed by atoms with Gasteiger partial charge in [0, 0.05) is 11.8 Å². The number of rotatable bonds is 5. The number of H-pyrrole nitrogens is 1. The van der Waals surface area contributed by atoms with Gasteiger partial charge in [0.1, 0.15) is 5.75 Å². The minimum absolute atomic E-state index is 0.170. The van der Waals surface area contributed by atoms with Crippen LogP contribution in [0, 0.1) is 0 Å². The van der Waals surface area contributed by atoms with Crippen LogP contribution in [0.15, 0.2) is 67.0 Å². The van der Waals surface area contributed by atoms with E-state index in [-0.39, 0.29) is 24.4 Å². The lowest BCUT2D eigenvalue weighted by molar-refractivity contribution is 0.188. The van der Waals surface area contributed by atoms with E-state index in [1.807, 2.05) is 49.4 Å². The smallest absolute Gasteiger partial charge is 0.322 e. The molecule has 6 heteroatoms. The Morgan fingerprint density at radius 3 is 2.60 bits per heavy atom. The number of carbonyl (C=O) groups is 1. The number of hydrogen-bond acceptors (Lipinski definition) is 3. The van der Waals surface area contributed by atoms with Gasteiger partial charge in [-0.05, 0) is 18.6 Å². The molecule has 0 aliphatic rings. The van der Waals surface area contributed by atoms with Crippen LogP contribution in [-0.4, -0.2) is 26.2 Å². The standard InChI is InChI=1S/C19H20N4O2/c1-14(15-7-3-2-4-8-15)23(13-16-9-5-6-10-18(16)24)19(25)22-17-11-20-21-12-17/h2-12,14,24H,13H2,1H3,(H,20,21)(H,22,25)/t14-/m0/s1. The van der Waals surface area contributed by atoms with E-state index in [1.165, 1.54) is 0 Å². The summed E-state index contributed by atoms with van der Waals surface area (Å²) in [5.74, 6) is 0.170. The summed E-state index contributed by atoms with van der Waals surface area (Å²) < 4.78 is 0. The first-order chi connectivity index (χ1) is 12.1. The Labute approximate surface area is 146 Å². The first-order valence-corrected chi connectivity index (χ1v) is 8.03. The van der Waals surface area contributed by atoms with E-state index < -0.39 is 0 Å². The number of aromatic nitrogens is 2. The number of urea groups is 1. The van der Waals surface area contributed by atoms with Crippen molar-refractivity contribution in [3.63, 3.8) is 0 Å². The van der Waals surface area contributed by atoms with E-state index in [0.717, 1.165) is 5.56 Å². The largest absolute Gasteiger partial charge is 0.508 e. The fourth-order valence-electron chi connectivity index (χ4n) is 2.64. The van der Waals surface area contributed by atoms with E-state index in [0.29, 0.717) is 11.3 Å². The van der Waals surface area contributed by atoms with Crippen LogP contribution < -0.4 is 5.32 Å². The first-order valence-electron chi connectivity index (χ1n) is 8.03. The molecule has 0 spiro atoms. The second-order valence-electron chi connectivity index (χ2n) is 5.76. The first kappa shape index (κ1) is 16.6. The van der Waals surface area contributed by atoms with Crippen LogP contribution in [0.5, 0.6) is 5.75 Å². The molecule has 0 bridgehead atoms. The molecular weight excluding hydrogens is 316 g/mol. The van der Waals surface area contributed by atoms with Crippen LogP contribution in [-0.2, 0) is 6.54 Å². The molecule has 0 fully saturated rings. The van der Waals surface area contributed by atoms with Crippen molar-refractivity contribution in [2.75, 3.05) is 5.32 Å². The van der Waals surface area contributed by atoms with Gasteiger partial charge in [-0.2, -0.15) is 5.10 Å². The van der Waals surface area contributed by atoms with Gasteiger partial charge in [-0.3, -0.25) is 5.10 Å². The number of nitrogens with zero attached hydrogens (tertiary/aromatic N) is 2. The number of phenolic OH excluding ortho intramolecular Hbond substituents is 1. The van der Waals surface area contributed by atoms with Crippen LogP contribution in [0.2, 0.25) is 0 Å². The summed E-state index contributed by atoms with van der Waals surface area (Å²) >= 11 is 0. The van der Waals surface area contributed by atoms with E-state index in [9.17, 15) is 9.90 Å². The van der Waals surface area contributed by atoms with E-state index >= 15 is 0 Å². The number of aromatic amines is 1. The fourth-order valence-corrected chi connectivity index (χ4v) is 2.64. The zero-order valence-electron chi connectivity index (χ0n) is 13.9. The van der Waals surface area contributed by atoms with Crippen molar-refractivity contribution in [3.05, 3.63) is 78.1 Å². The van der Waals surface area contributed by atoms with Crippen LogP contribution in [0.25, 0.3) is 0 Å². The molecule has 0 aliphatic heterocycles. The number of aromatic hydroxyl groups is 1. The molecule has 0 saturated carbocycles. The molecule has 2 amide bonds. The molecule has 2 aromatic carbocycles. The maximum atomic E-state index is 12.8. The normalized spacial score (nSPS) is 11.7.